The molecule has 1 N–H and O–H groups in total. The van der Waals surface area contributed by atoms with Crippen molar-refractivity contribution in [2.75, 3.05) is 25.2 Å². The second-order valence-electron chi connectivity index (χ2n) is 7.04. The maximum Gasteiger partial charge on any atom is 0.364 e. The van der Waals surface area contributed by atoms with Gasteiger partial charge in [-0.1, -0.05) is 6.07 Å². The maximum absolute atomic E-state index is 13.2. The van der Waals surface area contributed by atoms with Gasteiger partial charge in [-0.2, -0.15) is 0 Å². The molecule has 158 valence electrons. The van der Waals surface area contributed by atoms with Crippen molar-refractivity contribution in [3.8, 4) is 5.75 Å². The molecule has 10 heteroatoms. The summed E-state index contributed by atoms with van der Waals surface area (Å²) in [6, 6.07) is 7.64. The first-order chi connectivity index (χ1) is 14.5. The van der Waals surface area contributed by atoms with Crippen molar-refractivity contribution in [1.29, 1.82) is 0 Å². The average Bonchev–Trinajstić information content (AvgIpc) is 3.15. The molecule has 0 saturated heterocycles. The second-order valence-corrected chi connectivity index (χ2v) is 7.04. The summed E-state index contributed by atoms with van der Waals surface area (Å²) in [5.41, 5.74) is 0.578. The number of carbonyl (C=O) groups excluding carboxylic acids is 1. The number of nitrogens with one attached hydrogen (secondary N) is 1. The predicted octanol–water partition coefficient (Wildman–Crippen LogP) is 0.429. The van der Waals surface area contributed by atoms with Crippen LogP contribution in [0.15, 0.2) is 33.9 Å². The lowest BCUT2D eigenvalue weighted by Crippen LogP contribution is -2.50. The molecule has 0 bridgehead atoms. The molecule has 0 amide bonds. The fraction of sp³-hybridized carbons (Fsp3) is 0.400. The zero-order valence-corrected chi connectivity index (χ0v) is 17.2. The minimum Gasteiger partial charge on any atom is -0.497 e. The van der Waals surface area contributed by atoms with Crippen LogP contribution in [0.3, 0.4) is 0 Å². The van der Waals surface area contributed by atoms with E-state index in [1.165, 1.54) is 4.57 Å². The summed E-state index contributed by atoms with van der Waals surface area (Å²) < 4.78 is 14.4. The first-order valence-electron chi connectivity index (χ1n) is 9.78. The number of rotatable bonds is 5. The normalized spacial score (nSPS) is 13.4. The minimum atomic E-state index is -0.622. The van der Waals surface area contributed by atoms with Crippen molar-refractivity contribution in [3.63, 3.8) is 0 Å². The fourth-order valence-electron chi connectivity index (χ4n) is 3.85. The topological polar surface area (TPSA) is 102 Å². The summed E-state index contributed by atoms with van der Waals surface area (Å²) >= 11 is 0. The van der Waals surface area contributed by atoms with Gasteiger partial charge in [0, 0.05) is 19.5 Å². The van der Waals surface area contributed by atoms with Crippen molar-refractivity contribution < 1.29 is 18.8 Å². The Bertz CT molecular complexity index is 1240. The van der Waals surface area contributed by atoms with Gasteiger partial charge in [-0.15, -0.1) is 0 Å². The van der Waals surface area contributed by atoms with Gasteiger partial charge in [0.05, 0.1) is 26.8 Å². The molecule has 2 aromatic heterocycles. The Morgan fingerprint density at radius 3 is 2.83 bits per heavy atom. The molecule has 1 aromatic carbocycles. The van der Waals surface area contributed by atoms with Crippen molar-refractivity contribution >= 4 is 28.8 Å². The van der Waals surface area contributed by atoms with E-state index in [-0.39, 0.29) is 6.61 Å². The standard InChI is InChI=1S/C20H23N5O5/c1-4-30-15(26)12-25-18(27)16-17(22(2)20(25)28)21-19-23(9-6-10-24(16)19)13-7-5-8-14(11-13)29-3/h5,7-8,11H,4,6,9-10,12H2,1-3H3/p+1. The third kappa shape index (κ3) is 3.14. The van der Waals surface area contributed by atoms with E-state index < -0.39 is 23.8 Å². The second kappa shape index (κ2) is 7.69. The molecule has 10 nitrogen and oxygen atoms in total. The highest BCUT2D eigenvalue weighted by Crippen LogP contribution is 2.28. The summed E-state index contributed by atoms with van der Waals surface area (Å²) in [4.78, 5) is 43.1. The van der Waals surface area contributed by atoms with Gasteiger partial charge in [-0.25, -0.2) is 23.8 Å². The number of ether oxygens (including phenoxy) is 2. The van der Waals surface area contributed by atoms with Gasteiger partial charge in [0.25, 0.3) is 5.56 Å². The van der Waals surface area contributed by atoms with Crippen molar-refractivity contribution in [2.45, 2.75) is 26.4 Å². The number of imidazole rings is 1. The molecule has 4 rings (SSSR count). The number of aryl methyl sites for hydroxylation is 2. The zero-order chi connectivity index (χ0) is 21.4. The molecule has 3 aromatic rings. The van der Waals surface area contributed by atoms with Crippen LogP contribution >= 0.6 is 0 Å². The lowest BCUT2D eigenvalue weighted by atomic mass is 10.2. The molecular formula is C20H24N5O5+. The number of esters is 1. The Labute approximate surface area is 171 Å². The summed E-state index contributed by atoms with van der Waals surface area (Å²) in [5, 5.41) is 0. The van der Waals surface area contributed by atoms with Gasteiger partial charge in [0.2, 0.25) is 11.2 Å². The van der Waals surface area contributed by atoms with E-state index in [1.807, 2.05) is 33.7 Å². The molecule has 0 atom stereocenters. The van der Waals surface area contributed by atoms with Crippen LogP contribution in [0.2, 0.25) is 0 Å². The van der Waals surface area contributed by atoms with E-state index in [1.54, 1.807) is 21.1 Å². The summed E-state index contributed by atoms with van der Waals surface area (Å²) in [5.74, 6) is 0.805. The summed E-state index contributed by atoms with van der Waals surface area (Å²) in [7, 11) is 3.18. The molecule has 1 aliphatic rings. The number of fused-ring (bicyclic) bond motifs is 3. The van der Waals surface area contributed by atoms with Crippen LogP contribution in [0.4, 0.5) is 11.6 Å². The summed E-state index contributed by atoms with van der Waals surface area (Å²) in [6.07, 6.45) is 0.808. The number of methoxy groups -OCH3 is 1. The molecule has 3 heterocycles. The summed E-state index contributed by atoms with van der Waals surface area (Å²) in [6.45, 7) is 2.79. The Hall–Kier alpha value is -3.56. The zero-order valence-electron chi connectivity index (χ0n) is 17.2. The van der Waals surface area contributed by atoms with Gasteiger partial charge in [-0.05, 0) is 19.1 Å². The lowest BCUT2D eigenvalue weighted by Gasteiger charge is -2.22. The molecule has 0 aliphatic carbocycles. The third-order valence-electron chi connectivity index (χ3n) is 5.26. The Kier molecular flexibility index (Phi) is 5.06. The number of benzene rings is 1. The van der Waals surface area contributed by atoms with Gasteiger partial charge < -0.3 is 9.47 Å². The maximum atomic E-state index is 13.2. The number of carbonyl (C=O) groups is 1. The van der Waals surface area contributed by atoms with Crippen LogP contribution in [0, 0.1) is 0 Å². The van der Waals surface area contributed by atoms with E-state index in [9.17, 15) is 14.4 Å². The number of hydrogen-bond acceptors (Lipinski definition) is 6. The largest absolute Gasteiger partial charge is 0.497 e. The quantitative estimate of drug-likeness (QED) is 0.480. The molecule has 0 fully saturated rings. The average molecular weight is 414 g/mol. The molecule has 0 saturated carbocycles. The number of nitrogens with zero attached hydrogens (tertiary/aromatic N) is 4. The highest BCUT2D eigenvalue weighted by atomic mass is 16.5. The molecule has 30 heavy (non-hydrogen) atoms. The van der Waals surface area contributed by atoms with Gasteiger partial charge in [-0.3, -0.25) is 14.2 Å². The van der Waals surface area contributed by atoms with E-state index in [0.717, 1.165) is 29.0 Å². The first kappa shape index (κ1) is 19.7. The Morgan fingerprint density at radius 2 is 2.10 bits per heavy atom. The molecule has 1 aliphatic heterocycles. The monoisotopic (exact) mass is 414 g/mol. The van der Waals surface area contributed by atoms with Crippen molar-refractivity contribution in [1.82, 2.24) is 14.1 Å². The highest BCUT2D eigenvalue weighted by Gasteiger charge is 2.33. The number of aromatic nitrogens is 4. The van der Waals surface area contributed by atoms with E-state index in [2.05, 4.69) is 4.98 Å². The van der Waals surface area contributed by atoms with E-state index in [4.69, 9.17) is 9.47 Å². The van der Waals surface area contributed by atoms with Crippen molar-refractivity contribution in [3.05, 3.63) is 45.1 Å². The van der Waals surface area contributed by atoms with Crippen molar-refractivity contribution in [2.24, 2.45) is 7.05 Å². The first-order valence-corrected chi connectivity index (χ1v) is 9.78. The Morgan fingerprint density at radius 1 is 1.30 bits per heavy atom. The lowest BCUT2D eigenvalue weighted by molar-refractivity contribution is -0.663. The van der Waals surface area contributed by atoms with Crippen LogP contribution in [0.5, 0.6) is 5.75 Å². The molecular weight excluding hydrogens is 390 g/mol. The minimum absolute atomic E-state index is 0.181. The van der Waals surface area contributed by atoms with Crippen LogP contribution in [0.1, 0.15) is 13.3 Å². The van der Waals surface area contributed by atoms with Gasteiger partial charge in [0.15, 0.2) is 0 Å². The molecule has 0 spiro atoms. The smallest absolute Gasteiger partial charge is 0.364 e. The number of anilines is 2. The van der Waals surface area contributed by atoms with Crippen LogP contribution in [0.25, 0.3) is 11.2 Å². The van der Waals surface area contributed by atoms with Crippen LogP contribution in [-0.2, 0) is 29.7 Å². The highest BCUT2D eigenvalue weighted by molar-refractivity contribution is 5.72. The van der Waals surface area contributed by atoms with Crippen LogP contribution in [-0.4, -0.2) is 40.3 Å². The van der Waals surface area contributed by atoms with Gasteiger partial charge in [0.1, 0.15) is 18.0 Å². The third-order valence-corrected chi connectivity index (χ3v) is 5.26. The van der Waals surface area contributed by atoms with E-state index in [0.29, 0.717) is 23.7 Å². The number of hydrogen-bond donors (Lipinski definition) is 1. The van der Waals surface area contributed by atoms with E-state index >= 15 is 0 Å². The fourth-order valence-corrected chi connectivity index (χ4v) is 3.85. The molecule has 0 unspecified atom stereocenters. The number of aromatic amines is 1. The SMILES string of the molecule is CCOC(=O)Cn1c(=O)c2c([nH]c3[n+]2CCCN3c2cccc(OC)c2)n(C)c1=O. The number of H-pyrrole nitrogens is 1. The Balaban J connectivity index is 1.90. The van der Waals surface area contributed by atoms with Crippen LogP contribution < -0.4 is 25.5 Å². The predicted molar refractivity (Wildman–Crippen MR) is 109 cm³/mol. The van der Waals surface area contributed by atoms with Gasteiger partial charge >= 0.3 is 17.6 Å². The molecule has 0 radical (unpaired) electrons.